The minimum Gasteiger partial charge on any atom is -0.460 e. The highest BCUT2D eigenvalue weighted by Crippen LogP contribution is 2.11. The fraction of sp³-hybridized carbons (Fsp3) is 0.600. The van der Waals surface area contributed by atoms with E-state index in [1.54, 1.807) is 6.92 Å². The van der Waals surface area contributed by atoms with E-state index in [1.165, 1.54) is 0 Å². The van der Waals surface area contributed by atoms with Crippen molar-refractivity contribution >= 4 is 17.9 Å². The van der Waals surface area contributed by atoms with Gasteiger partial charge in [0.05, 0.1) is 19.8 Å². The van der Waals surface area contributed by atoms with Crippen LogP contribution in [0.2, 0.25) is 0 Å². The highest BCUT2D eigenvalue weighted by atomic mass is 16.5. The van der Waals surface area contributed by atoms with Gasteiger partial charge in [-0.05, 0) is 6.92 Å². The molecule has 0 saturated carbocycles. The molecule has 8 heteroatoms. The summed E-state index contributed by atoms with van der Waals surface area (Å²) < 4.78 is 10.1. The van der Waals surface area contributed by atoms with Crippen molar-refractivity contribution in [3.05, 3.63) is 5.82 Å². The summed E-state index contributed by atoms with van der Waals surface area (Å²) in [6.45, 7) is 4.49. The number of ether oxygens (including phenoxy) is 2. The zero-order valence-corrected chi connectivity index (χ0v) is 10.1. The van der Waals surface area contributed by atoms with Crippen LogP contribution in [0.3, 0.4) is 0 Å². The number of nitrogen functional groups attached to an aromatic ring is 1. The van der Waals surface area contributed by atoms with E-state index in [2.05, 4.69) is 15.0 Å². The van der Waals surface area contributed by atoms with Gasteiger partial charge in [-0.1, -0.05) is 0 Å². The Hall–Kier alpha value is -1.96. The molecule has 0 amide bonds. The Balaban J connectivity index is 2.22. The third-order valence-corrected chi connectivity index (χ3v) is 2.39. The molecule has 0 bridgehead atoms. The summed E-state index contributed by atoms with van der Waals surface area (Å²) in [6.07, 6.45) is 0. The van der Waals surface area contributed by atoms with Crippen LogP contribution < -0.4 is 10.6 Å². The van der Waals surface area contributed by atoms with E-state index in [0.717, 1.165) is 0 Å². The maximum absolute atomic E-state index is 11.6. The summed E-state index contributed by atoms with van der Waals surface area (Å²) in [5, 5.41) is 0. The fourth-order valence-corrected chi connectivity index (χ4v) is 1.57. The van der Waals surface area contributed by atoms with Crippen LogP contribution in [0.1, 0.15) is 17.5 Å². The van der Waals surface area contributed by atoms with E-state index in [-0.39, 0.29) is 18.4 Å². The Morgan fingerprint density at radius 3 is 2.78 bits per heavy atom. The number of nitrogens with two attached hydrogens (primary N) is 1. The molecule has 98 valence electrons. The molecule has 2 heterocycles. The Morgan fingerprint density at radius 1 is 1.39 bits per heavy atom. The highest BCUT2D eigenvalue weighted by molar-refractivity contribution is 5.85. The van der Waals surface area contributed by atoms with Gasteiger partial charge in [0.1, 0.15) is 0 Å². The third-order valence-electron chi connectivity index (χ3n) is 2.39. The summed E-state index contributed by atoms with van der Waals surface area (Å²) in [5.41, 5.74) is 5.57. The molecule has 1 aliphatic rings. The van der Waals surface area contributed by atoms with Crippen LogP contribution in [-0.4, -0.2) is 53.8 Å². The Bertz CT molecular complexity index is 434. The van der Waals surface area contributed by atoms with Crippen molar-refractivity contribution in [3.8, 4) is 0 Å². The largest absolute Gasteiger partial charge is 0.460 e. The molecule has 2 N–H and O–H groups in total. The molecule has 1 aliphatic heterocycles. The van der Waals surface area contributed by atoms with Gasteiger partial charge in [-0.25, -0.2) is 4.79 Å². The molecule has 0 radical (unpaired) electrons. The van der Waals surface area contributed by atoms with E-state index >= 15 is 0 Å². The fourth-order valence-electron chi connectivity index (χ4n) is 1.57. The zero-order valence-electron chi connectivity index (χ0n) is 10.1. The van der Waals surface area contributed by atoms with Crippen molar-refractivity contribution in [1.29, 1.82) is 0 Å². The number of nitrogens with zero attached hydrogens (tertiary/aromatic N) is 4. The Kier molecular flexibility index (Phi) is 3.88. The second-order valence-corrected chi connectivity index (χ2v) is 3.64. The number of esters is 1. The lowest BCUT2D eigenvalue weighted by atomic mass is 10.4. The van der Waals surface area contributed by atoms with Crippen LogP contribution in [0.25, 0.3) is 0 Å². The standard InChI is InChI=1S/C10H15N5O3/c1-2-18-8(16)7-12-9(11)14-10(13-7)15-3-5-17-6-4-15/h2-6H2,1H3,(H2,11,12,13,14). The summed E-state index contributed by atoms with van der Waals surface area (Å²) in [7, 11) is 0. The van der Waals surface area contributed by atoms with Crippen molar-refractivity contribution in [2.24, 2.45) is 0 Å². The smallest absolute Gasteiger partial charge is 0.376 e. The molecule has 0 atom stereocenters. The number of anilines is 2. The molecule has 1 fully saturated rings. The molecule has 8 nitrogen and oxygen atoms in total. The molecule has 1 aromatic rings. The van der Waals surface area contributed by atoms with E-state index in [0.29, 0.717) is 32.3 Å². The van der Waals surface area contributed by atoms with Gasteiger partial charge in [0, 0.05) is 13.1 Å². The first-order valence-corrected chi connectivity index (χ1v) is 5.72. The van der Waals surface area contributed by atoms with Crippen molar-refractivity contribution < 1.29 is 14.3 Å². The number of rotatable bonds is 3. The molecule has 0 unspecified atom stereocenters. The second kappa shape index (κ2) is 5.58. The van der Waals surface area contributed by atoms with E-state index < -0.39 is 5.97 Å². The lowest BCUT2D eigenvalue weighted by Crippen LogP contribution is -2.38. The molecule has 1 saturated heterocycles. The quantitative estimate of drug-likeness (QED) is 0.717. The first-order chi connectivity index (χ1) is 8.70. The predicted octanol–water partition coefficient (Wildman–Crippen LogP) is -0.533. The number of hydrogen-bond acceptors (Lipinski definition) is 8. The minimum absolute atomic E-state index is 0.00884. The molecule has 0 aliphatic carbocycles. The number of hydrogen-bond donors (Lipinski definition) is 1. The topological polar surface area (TPSA) is 103 Å². The molecular formula is C10H15N5O3. The van der Waals surface area contributed by atoms with Crippen molar-refractivity contribution in [2.75, 3.05) is 43.5 Å². The first kappa shape index (κ1) is 12.5. The van der Waals surface area contributed by atoms with Crippen LogP contribution >= 0.6 is 0 Å². The summed E-state index contributed by atoms with van der Waals surface area (Å²) in [6, 6.07) is 0. The maximum Gasteiger partial charge on any atom is 0.376 e. The monoisotopic (exact) mass is 253 g/mol. The first-order valence-electron chi connectivity index (χ1n) is 5.72. The van der Waals surface area contributed by atoms with Crippen LogP contribution in [0, 0.1) is 0 Å². The van der Waals surface area contributed by atoms with E-state index in [9.17, 15) is 4.79 Å². The van der Waals surface area contributed by atoms with E-state index in [4.69, 9.17) is 15.2 Å². The maximum atomic E-state index is 11.6. The van der Waals surface area contributed by atoms with Crippen molar-refractivity contribution in [1.82, 2.24) is 15.0 Å². The molecule has 0 spiro atoms. The molecule has 18 heavy (non-hydrogen) atoms. The molecule has 0 aromatic carbocycles. The van der Waals surface area contributed by atoms with Crippen LogP contribution in [0.15, 0.2) is 0 Å². The van der Waals surface area contributed by atoms with Crippen LogP contribution in [-0.2, 0) is 9.47 Å². The van der Waals surface area contributed by atoms with Gasteiger partial charge >= 0.3 is 5.97 Å². The van der Waals surface area contributed by atoms with Crippen molar-refractivity contribution in [2.45, 2.75) is 6.92 Å². The third kappa shape index (κ3) is 2.83. The number of carbonyl (C=O) groups excluding carboxylic acids is 1. The summed E-state index contributed by atoms with van der Waals surface area (Å²) in [5.74, 6) is -0.268. The lowest BCUT2D eigenvalue weighted by Gasteiger charge is -2.26. The summed E-state index contributed by atoms with van der Waals surface area (Å²) in [4.78, 5) is 25.3. The lowest BCUT2D eigenvalue weighted by molar-refractivity contribution is 0.0511. The molecule has 1 aromatic heterocycles. The Labute approximate surface area is 104 Å². The number of aromatic nitrogens is 3. The number of morpholine rings is 1. The minimum atomic E-state index is -0.596. The zero-order chi connectivity index (χ0) is 13.0. The van der Waals surface area contributed by atoms with E-state index in [1.807, 2.05) is 4.90 Å². The number of carbonyl (C=O) groups is 1. The Morgan fingerprint density at radius 2 is 2.11 bits per heavy atom. The van der Waals surface area contributed by atoms with Gasteiger partial charge in [0.2, 0.25) is 17.7 Å². The van der Waals surface area contributed by atoms with Gasteiger partial charge in [-0.2, -0.15) is 15.0 Å². The molecular weight excluding hydrogens is 238 g/mol. The van der Waals surface area contributed by atoms with Gasteiger partial charge in [-0.3, -0.25) is 0 Å². The highest BCUT2D eigenvalue weighted by Gasteiger charge is 2.19. The molecule has 2 rings (SSSR count). The second-order valence-electron chi connectivity index (χ2n) is 3.64. The normalized spacial score (nSPS) is 15.5. The van der Waals surface area contributed by atoms with Crippen LogP contribution in [0.5, 0.6) is 0 Å². The SMILES string of the molecule is CCOC(=O)c1nc(N)nc(N2CCOCC2)n1. The summed E-state index contributed by atoms with van der Waals surface area (Å²) >= 11 is 0. The van der Waals surface area contributed by atoms with Crippen LogP contribution in [0.4, 0.5) is 11.9 Å². The average molecular weight is 253 g/mol. The van der Waals surface area contributed by atoms with Gasteiger partial charge in [0.15, 0.2) is 0 Å². The van der Waals surface area contributed by atoms with Gasteiger partial charge in [0.25, 0.3) is 0 Å². The van der Waals surface area contributed by atoms with Crippen molar-refractivity contribution in [3.63, 3.8) is 0 Å². The predicted molar refractivity (Wildman–Crippen MR) is 63.2 cm³/mol. The average Bonchev–Trinajstić information content (AvgIpc) is 2.39. The van der Waals surface area contributed by atoms with Gasteiger partial charge in [-0.15, -0.1) is 0 Å². The van der Waals surface area contributed by atoms with Gasteiger partial charge < -0.3 is 20.1 Å².